The normalized spacial score (nSPS) is 21.4. The molecule has 5 heterocycles. The van der Waals surface area contributed by atoms with Gasteiger partial charge in [0, 0.05) is 65.4 Å². The first kappa shape index (κ1) is 20.9. The maximum absolute atomic E-state index is 12.2. The second-order valence-corrected chi connectivity index (χ2v) is 11.6. The number of thiophene rings is 1. The van der Waals surface area contributed by atoms with Gasteiger partial charge in [0.2, 0.25) is 11.8 Å². The first-order chi connectivity index (χ1) is 16.5. The van der Waals surface area contributed by atoms with Crippen molar-refractivity contribution in [3.8, 4) is 11.1 Å². The molecule has 1 spiro atoms. The Morgan fingerprint density at radius 2 is 1.88 bits per heavy atom. The van der Waals surface area contributed by atoms with E-state index in [1.54, 1.807) is 11.3 Å². The lowest BCUT2D eigenvalue weighted by atomic mass is 9.82. The molecule has 1 N–H and O–H groups in total. The SMILES string of the molecule is O=C1CCC(=O)N1Cc1cc2nccc(-c3cc(Cl)cc4c3N(C3CNC3)CCC43CC3)c2s1. The predicted octanol–water partition coefficient (Wildman–Crippen LogP) is 4.48. The van der Waals surface area contributed by atoms with Crippen molar-refractivity contribution in [2.75, 3.05) is 24.5 Å². The Kier molecular flexibility index (Phi) is 4.61. The number of imide groups is 1. The highest BCUT2D eigenvalue weighted by molar-refractivity contribution is 7.19. The van der Waals surface area contributed by atoms with E-state index in [-0.39, 0.29) is 17.2 Å². The van der Waals surface area contributed by atoms with Gasteiger partial charge >= 0.3 is 0 Å². The minimum atomic E-state index is -0.0842. The van der Waals surface area contributed by atoms with Gasteiger partial charge < -0.3 is 10.2 Å². The second-order valence-electron chi connectivity index (χ2n) is 10.0. The summed E-state index contributed by atoms with van der Waals surface area (Å²) in [5.74, 6) is -0.168. The van der Waals surface area contributed by atoms with Crippen molar-refractivity contribution in [3.05, 3.63) is 45.9 Å². The van der Waals surface area contributed by atoms with E-state index in [1.807, 2.05) is 12.3 Å². The summed E-state index contributed by atoms with van der Waals surface area (Å²) in [5.41, 5.74) is 6.24. The molecule has 2 aromatic heterocycles. The summed E-state index contributed by atoms with van der Waals surface area (Å²) in [6.07, 6.45) is 6.17. The number of anilines is 1. The van der Waals surface area contributed by atoms with E-state index in [0.717, 1.165) is 45.3 Å². The minimum Gasteiger partial charge on any atom is -0.365 e. The summed E-state index contributed by atoms with van der Waals surface area (Å²) < 4.78 is 1.09. The number of likely N-dealkylation sites (tertiary alicyclic amines) is 1. The van der Waals surface area contributed by atoms with E-state index in [9.17, 15) is 9.59 Å². The van der Waals surface area contributed by atoms with Crippen molar-refractivity contribution in [2.45, 2.75) is 50.1 Å². The molecule has 174 valence electrons. The highest BCUT2D eigenvalue weighted by Gasteiger charge is 2.50. The number of aromatic nitrogens is 1. The van der Waals surface area contributed by atoms with Crippen LogP contribution < -0.4 is 10.2 Å². The zero-order valence-electron chi connectivity index (χ0n) is 18.8. The molecule has 2 amide bonds. The van der Waals surface area contributed by atoms with Crippen LogP contribution in [0.5, 0.6) is 0 Å². The molecule has 0 bridgehead atoms. The number of fused-ring (bicyclic) bond motifs is 3. The lowest BCUT2D eigenvalue weighted by molar-refractivity contribution is -0.138. The molecule has 0 unspecified atom stereocenters. The quantitative estimate of drug-likeness (QED) is 0.544. The standard InChI is InChI=1S/C26H25ClN4O2S/c27-15-9-19(24-20(10-15)26(4-5-26)6-8-30(24)16-12-28-13-16)18-3-7-29-21-11-17(34-25(18)21)14-31-22(32)1-2-23(31)33/h3,7,9-11,16,28H,1-2,4-6,8,12-14H2. The lowest BCUT2D eigenvalue weighted by Crippen LogP contribution is -2.59. The summed E-state index contributed by atoms with van der Waals surface area (Å²) in [6.45, 7) is 3.44. The van der Waals surface area contributed by atoms with Crippen LogP contribution in [0.15, 0.2) is 30.5 Å². The van der Waals surface area contributed by atoms with Crippen molar-refractivity contribution >= 4 is 50.7 Å². The Balaban J connectivity index is 1.37. The number of nitrogens with one attached hydrogen (secondary N) is 1. The molecule has 4 aliphatic rings. The summed E-state index contributed by atoms with van der Waals surface area (Å²) in [6, 6.07) is 8.94. The van der Waals surface area contributed by atoms with Crippen molar-refractivity contribution in [1.82, 2.24) is 15.2 Å². The van der Waals surface area contributed by atoms with Gasteiger partial charge in [0.1, 0.15) is 0 Å². The van der Waals surface area contributed by atoms with E-state index in [4.69, 9.17) is 11.6 Å². The third-order valence-corrected chi connectivity index (χ3v) is 9.40. The number of hydrogen-bond donors (Lipinski definition) is 1. The molecular formula is C26H25ClN4O2S. The molecule has 0 radical (unpaired) electrons. The third kappa shape index (κ3) is 3.13. The number of benzene rings is 1. The Labute approximate surface area is 206 Å². The zero-order chi connectivity index (χ0) is 23.0. The fraction of sp³-hybridized carbons (Fsp3) is 0.423. The van der Waals surface area contributed by atoms with Crippen LogP contribution in [0.4, 0.5) is 5.69 Å². The van der Waals surface area contributed by atoms with E-state index in [0.29, 0.717) is 25.4 Å². The van der Waals surface area contributed by atoms with Crippen molar-refractivity contribution < 1.29 is 9.59 Å². The summed E-state index contributed by atoms with van der Waals surface area (Å²) in [4.78, 5) is 33.9. The molecule has 8 heteroatoms. The van der Waals surface area contributed by atoms with Crippen LogP contribution in [-0.4, -0.2) is 47.4 Å². The summed E-state index contributed by atoms with van der Waals surface area (Å²) in [7, 11) is 0. The van der Waals surface area contributed by atoms with Crippen LogP contribution in [0, 0.1) is 0 Å². The molecule has 6 nitrogen and oxygen atoms in total. The highest BCUT2D eigenvalue weighted by Crippen LogP contribution is 2.59. The number of carbonyl (C=O) groups is 2. The first-order valence-electron chi connectivity index (χ1n) is 12.0. The molecular weight excluding hydrogens is 468 g/mol. The number of hydrogen-bond acceptors (Lipinski definition) is 6. The van der Waals surface area contributed by atoms with Gasteiger partial charge in [-0.1, -0.05) is 11.6 Å². The van der Waals surface area contributed by atoms with E-state index in [2.05, 4.69) is 33.4 Å². The van der Waals surface area contributed by atoms with E-state index < -0.39 is 0 Å². The molecule has 2 saturated heterocycles. The van der Waals surface area contributed by atoms with Gasteiger partial charge in [0.05, 0.1) is 22.8 Å². The lowest BCUT2D eigenvalue weighted by Gasteiger charge is -2.46. The molecule has 1 aromatic carbocycles. The molecule has 3 fully saturated rings. The zero-order valence-corrected chi connectivity index (χ0v) is 20.3. The van der Waals surface area contributed by atoms with Gasteiger partial charge in [-0.2, -0.15) is 0 Å². The Bertz CT molecular complexity index is 1340. The van der Waals surface area contributed by atoms with Crippen molar-refractivity contribution in [1.29, 1.82) is 0 Å². The molecule has 1 saturated carbocycles. The maximum atomic E-state index is 12.2. The number of rotatable bonds is 4. The molecule has 1 aliphatic carbocycles. The van der Waals surface area contributed by atoms with Crippen molar-refractivity contribution in [2.24, 2.45) is 0 Å². The molecule has 34 heavy (non-hydrogen) atoms. The Morgan fingerprint density at radius 3 is 2.59 bits per heavy atom. The van der Waals surface area contributed by atoms with Crippen LogP contribution in [-0.2, 0) is 21.5 Å². The van der Waals surface area contributed by atoms with Crippen molar-refractivity contribution in [3.63, 3.8) is 0 Å². The van der Waals surface area contributed by atoms with Gasteiger partial charge in [-0.3, -0.25) is 19.5 Å². The number of carbonyl (C=O) groups excluding carboxylic acids is 2. The minimum absolute atomic E-state index is 0.0842. The number of halogens is 1. The Morgan fingerprint density at radius 1 is 1.09 bits per heavy atom. The summed E-state index contributed by atoms with van der Waals surface area (Å²) in [5, 5.41) is 4.22. The fourth-order valence-corrected chi connectivity index (χ4v) is 7.21. The smallest absolute Gasteiger partial charge is 0.230 e. The van der Waals surface area contributed by atoms with Gasteiger partial charge in [0.25, 0.3) is 0 Å². The number of nitrogens with zero attached hydrogens (tertiary/aromatic N) is 3. The number of pyridine rings is 1. The summed E-state index contributed by atoms with van der Waals surface area (Å²) >= 11 is 8.37. The van der Waals surface area contributed by atoms with Crippen LogP contribution in [0.2, 0.25) is 5.02 Å². The Hall–Kier alpha value is -2.48. The highest BCUT2D eigenvalue weighted by atomic mass is 35.5. The third-order valence-electron chi connectivity index (χ3n) is 8.04. The van der Waals surface area contributed by atoms with Gasteiger partial charge in [-0.15, -0.1) is 11.3 Å². The fourth-order valence-electron chi connectivity index (χ4n) is 5.86. The second kappa shape index (κ2) is 7.51. The molecule has 0 atom stereocenters. The number of amides is 2. The average Bonchev–Trinajstić information content (AvgIpc) is 3.34. The molecule has 7 rings (SSSR count). The molecule has 3 aromatic rings. The first-order valence-corrected chi connectivity index (χ1v) is 13.2. The van der Waals surface area contributed by atoms with E-state index in [1.165, 1.54) is 41.0 Å². The van der Waals surface area contributed by atoms with Gasteiger partial charge in [-0.25, -0.2) is 0 Å². The monoisotopic (exact) mass is 492 g/mol. The van der Waals surface area contributed by atoms with Crippen LogP contribution >= 0.6 is 22.9 Å². The van der Waals surface area contributed by atoms with E-state index >= 15 is 0 Å². The van der Waals surface area contributed by atoms with Crippen LogP contribution in [0.1, 0.15) is 42.5 Å². The topological polar surface area (TPSA) is 65.5 Å². The maximum Gasteiger partial charge on any atom is 0.230 e. The largest absolute Gasteiger partial charge is 0.365 e. The molecule has 3 aliphatic heterocycles. The van der Waals surface area contributed by atoms with Crippen LogP contribution in [0.25, 0.3) is 21.3 Å². The average molecular weight is 493 g/mol. The van der Waals surface area contributed by atoms with Crippen LogP contribution in [0.3, 0.4) is 0 Å². The van der Waals surface area contributed by atoms with Gasteiger partial charge in [-0.05, 0) is 54.5 Å². The predicted molar refractivity (Wildman–Crippen MR) is 134 cm³/mol. The van der Waals surface area contributed by atoms with Gasteiger partial charge in [0.15, 0.2) is 0 Å².